The number of nitrogens with zero attached hydrogens (tertiary/aromatic N) is 3. The summed E-state index contributed by atoms with van der Waals surface area (Å²) in [6, 6.07) is 0. The Labute approximate surface area is 161 Å². The first-order chi connectivity index (χ1) is 11.3. The highest BCUT2D eigenvalue weighted by atomic mass is 127. The summed E-state index contributed by atoms with van der Waals surface area (Å²) in [7, 11) is 1.91. The molecule has 1 atom stereocenters. The fourth-order valence-electron chi connectivity index (χ4n) is 2.41. The molecule has 1 aromatic rings. The van der Waals surface area contributed by atoms with Crippen molar-refractivity contribution in [2.24, 2.45) is 18.0 Å². The third-order valence-corrected chi connectivity index (χ3v) is 3.66. The van der Waals surface area contributed by atoms with E-state index in [-0.39, 0.29) is 24.0 Å². The molecule has 0 aromatic carbocycles. The molecule has 1 aliphatic rings. The maximum atomic E-state index is 5.70. The molecule has 0 spiro atoms. The van der Waals surface area contributed by atoms with E-state index in [1.807, 2.05) is 19.4 Å². The fraction of sp³-hybridized carbons (Fsp3) is 0.750. The number of aliphatic imine (C=N–C) groups is 1. The zero-order valence-electron chi connectivity index (χ0n) is 14.7. The summed E-state index contributed by atoms with van der Waals surface area (Å²) < 4.78 is 12.8. The number of hydrogen-bond donors (Lipinski definition) is 2. The fourth-order valence-corrected chi connectivity index (χ4v) is 2.41. The van der Waals surface area contributed by atoms with Gasteiger partial charge in [0, 0.05) is 51.0 Å². The molecule has 1 saturated heterocycles. The summed E-state index contributed by atoms with van der Waals surface area (Å²) in [4.78, 5) is 4.56. The molecule has 1 aliphatic heterocycles. The number of halogens is 1. The number of guanidine groups is 1. The summed E-state index contributed by atoms with van der Waals surface area (Å²) in [5.41, 5.74) is 1.10. The molecular weight excluding hydrogens is 421 g/mol. The minimum absolute atomic E-state index is 0. The molecule has 2 N–H and O–H groups in total. The molecule has 8 heteroatoms. The zero-order chi connectivity index (χ0) is 16.3. The van der Waals surface area contributed by atoms with Crippen molar-refractivity contribution in [2.45, 2.75) is 26.3 Å². The average molecular weight is 451 g/mol. The van der Waals surface area contributed by atoms with Crippen LogP contribution in [0, 0.1) is 5.92 Å². The molecule has 24 heavy (non-hydrogen) atoms. The van der Waals surface area contributed by atoms with Gasteiger partial charge in [0.2, 0.25) is 0 Å². The predicted octanol–water partition coefficient (Wildman–Crippen LogP) is 1.54. The number of nitrogens with one attached hydrogen (secondary N) is 2. The summed E-state index contributed by atoms with van der Waals surface area (Å²) >= 11 is 0. The Bertz CT molecular complexity index is 475. The first-order valence-corrected chi connectivity index (χ1v) is 8.43. The van der Waals surface area contributed by atoms with Gasteiger partial charge in [-0.3, -0.25) is 4.68 Å². The lowest BCUT2D eigenvalue weighted by Gasteiger charge is -2.12. The van der Waals surface area contributed by atoms with Gasteiger partial charge in [-0.05, 0) is 19.8 Å². The topological polar surface area (TPSA) is 72.7 Å². The molecule has 2 rings (SSSR count). The van der Waals surface area contributed by atoms with Gasteiger partial charge in [0.1, 0.15) is 0 Å². The molecule has 0 saturated carbocycles. The van der Waals surface area contributed by atoms with Gasteiger partial charge in [-0.15, -0.1) is 24.0 Å². The number of aromatic nitrogens is 2. The van der Waals surface area contributed by atoms with Gasteiger partial charge in [-0.2, -0.15) is 5.10 Å². The monoisotopic (exact) mass is 451 g/mol. The number of rotatable bonds is 9. The molecule has 0 aliphatic carbocycles. The van der Waals surface area contributed by atoms with E-state index in [0.29, 0.717) is 12.5 Å². The van der Waals surface area contributed by atoms with Crippen molar-refractivity contribution in [3.05, 3.63) is 18.0 Å². The van der Waals surface area contributed by atoms with Gasteiger partial charge in [0.15, 0.2) is 5.96 Å². The Kier molecular flexibility index (Phi) is 11.0. The molecule has 138 valence electrons. The minimum atomic E-state index is 0. The van der Waals surface area contributed by atoms with Crippen LogP contribution in [0.1, 0.15) is 25.3 Å². The Hall–Kier alpha value is -0.870. The first kappa shape index (κ1) is 21.2. The largest absolute Gasteiger partial charge is 0.381 e. The second-order valence-electron chi connectivity index (χ2n) is 5.80. The third-order valence-electron chi connectivity index (χ3n) is 3.66. The Balaban J connectivity index is 0.00000288. The maximum Gasteiger partial charge on any atom is 0.191 e. The van der Waals surface area contributed by atoms with E-state index in [2.05, 4.69) is 27.6 Å². The molecular formula is C16H30IN5O2. The highest BCUT2D eigenvalue weighted by Crippen LogP contribution is 2.12. The summed E-state index contributed by atoms with van der Waals surface area (Å²) in [5.74, 6) is 1.42. The van der Waals surface area contributed by atoms with Crippen LogP contribution in [0.15, 0.2) is 17.4 Å². The van der Waals surface area contributed by atoms with Gasteiger partial charge in [0.05, 0.1) is 26.0 Å². The van der Waals surface area contributed by atoms with Gasteiger partial charge in [-0.25, -0.2) is 4.99 Å². The summed E-state index contributed by atoms with van der Waals surface area (Å²) in [5, 5.41) is 10.7. The van der Waals surface area contributed by atoms with Crippen LogP contribution in [0.25, 0.3) is 0 Å². The number of hydrogen-bond acceptors (Lipinski definition) is 4. The minimum Gasteiger partial charge on any atom is -0.381 e. The molecule has 1 fully saturated rings. The van der Waals surface area contributed by atoms with E-state index >= 15 is 0 Å². The Morgan fingerprint density at radius 3 is 3.04 bits per heavy atom. The second kappa shape index (κ2) is 12.5. The molecule has 0 radical (unpaired) electrons. The van der Waals surface area contributed by atoms with Crippen LogP contribution in [0.4, 0.5) is 0 Å². The predicted molar refractivity (Wildman–Crippen MR) is 106 cm³/mol. The number of aryl methyl sites for hydroxylation is 1. The van der Waals surface area contributed by atoms with Crippen molar-refractivity contribution < 1.29 is 9.47 Å². The van der Waals surface area contributed by atoms with Crippen molar-refractivity contribution in [1.82, 2.24) is 20.4 Å². The van der Waals surface area contributed by atoms with Crippen molar-refractivity contribution in [3.8, 4) is 0 Å². The highest BCUT2D eigenvalue weighted by Gasteiger charge is 2.15. The molecule has 0 amide bonds. The van der Waals surface area contributed by atoms with Crippen molar-refractivity contribution in [3.63, 3.8) is 0 Å². The van der Waals surface area contributed by atoms with Crippen molar-refractivity contribution in [2.75, 3.05) is 39.5 Å². The van der Waals surface area contributed by atoms with Crippen LogP contribution < -0.4 is 10.6 Å². The Morgan fingerprint density at radius 1 is 1.50 bits per heavy atom. The number of ether oxygens (including phenoxy) is 2. The SMILES string of the molecule is CCNC(=NCc1cnn(C)c1)NCCCOCC1CCOC1.I. The molecule has 2 heterocycles. The lowest BCUT2D eigenvalue weighted by molar-refractivity contribution is 0.0888. The maximum absolute atomic E-state index is 5.70. The van der Waals surface area contributed by atoms with Crippen LogP contribution >= 0.6 is 24.0 Å². The van der Waals surface area contributed by atoms with Crippen molar-refractivity contribution >= 4 is 29.9 Å². The summed E-state index contributed by atoms with van der Waals surface area (Å²) in [6.07, 6.45) is 5.91. The molecule has 1 unspecified atom stereocenters. The highest BCUT2D eigenvalue weighted by molar-refractivity contribution is 14.0. The van der Waals surface area contributed by atoms with Gasteiger partial charge in [-0.1, -0.05) is 0 Å². The average Bonchev–Trinajstić information content (AvgIpc) is 3.19. The van der Waals surface area contributed by atoms with E-state index in [0.717, 1.165) is 63.9 Å². The van der Waals surface area contributed by atoms with Crippen LogP contribution in [0.3, 0.4) is 0 Å². The first-order valence-electron chi connectivity index (χ1n) is 8.43. The van der Waals surface area contributed by atoms with Crippen LogP contribution in [-0.2, 0) is 23.1 Å². The van der Waals surface area contributed by atoms with E-state index in [9.17, 15) is 0 Å². The lowest BCUT2D eigenvalue weighted by Crippen LogP contribution is -2.38. The van der Waals surface area contributed by atoms with Crippen molar-refractivity contribution in [1.29, 1.82) is 0 Å². The molecule has 7 nitrogen and oxygen atoms in total. The van der Waals surface area contributed by atoms with E-state index in [1.54, 1.807) is 4.68 Å². The zero-order valence-corrected chi connectivity index (χ0v) is 17.0. The van der Waals surface area contributed by atoms with Gasteiger partial charge < -0.3 is 20.1 Å². The van der Waals surface area contributed by atoms with Crippen LogP contribution in [0.2, 0.25) is 0 Å². The van der Waals surface area contributed by atoms with Crippen LogP contribution in [-0.4, -0.2) is 55.3 Å². The van der Waals surface area contributed by atoms with E-state index < -0.39 is 0 Å². The van der Waals surface area contributed by atoms with Gasteiger partial charge in [0.25, 0.3) is 0 Å². The smallest absolute Gasteiger partial charge is 0.191 e. The lowest BCUT2D eigenvalue weighted by atomic mass is 10.1. The Morgan fingerprint density at radius 2 is 2.38 bits per heavy atom. The quantitative estimate of drug-likeness (QED) is 0.258. The second-order valence-corrected chi connectivity index (χ2v) is 5.80. The van der Waals surface area contributed by atoms with Gasteiger partial charge >= 0.3 is 0 Å². The van der Waals surface area contributed by atoms with Crippen LogP contribution in [0.5, 0.6) is 0 Å². The third kappa shape index (κ3) is 8.29. The van der Waals surface area contributed by atoms with E-state index in [4.69, 9.17) is 9.47 Å². The molecule has 1 aromatic heterocycles. The summed E-state index contributed by atoms with van der Waals surface area (Å²) in [6.45, 7) is 7.70. The normalized spacial score (nSPS) is 17.6. The van der Waals surface area contributed by atoms with E-state index in [1.165, 1.54) is 0 Å². The standard InChI is InChI=1S/C16H29N5O2.HI/c1-3-17-16(19-9-15-10-20-21(2)11-15)18-6-4-7-22-12-14-5-8-23-13-14;/h10-11,14H,3-9,12-13H2,1-2H3,(H2,17,18,19);1H. The molecule has 0 bridgehead atoms.